The highest BCUT2D eigenvalue weighted by atomic mass is 15.2. The molecule has 4 heterocycles. The smallest absolute Gasteiger partial charge is 0.139 e. The van der Waals surface area contributed by atoms with Crippen molar-refractivity contribution in [1.29, 1.82) is 0 Å². The van der Waals surface area contributed by atoms with E-state index in [9.17, 15) is 0 Å². The molecule has 6 nitrogen and oxygen atoms in total. The fraction of sp³-hybridized carbons (Fsp3) is 0.353. The van der Waals surface area contributed by atoms with Crippen LogP contribution in [0.5, 0.6) is 0 Å². The lowest BCUT2D eigenvalue weighted by atomic mass is 10.0. The second-order valence-electron chi connectivity index (χ2n) is 5.93. The van der Waals surface area contributed by atoms with E-state index in [1.165, 1.54) is 5.69 Å². The van der Waals surface area contributed by atoms with E-state index in [2.05, 4.69) is 36.2 Å². The van der Waals surface area contributed by atoms with E-state index < -0.39 is 0 Å². The highest BCUT2D eigenvalue weighted by molar-refractivity contribution is 6.02. The fourth-order valence-corrected chi connectivity index (χ4v) is 3.38. The van der Waals surface area contributed by atoms with E-state index in [1.807, 2.05) is 31.8 Å². The molecule has 0 unspecified atom stereocenters. The molecule has 1 aliphatic heterocycles. The van der Waals surface area contributed by atoms with Crippen molar-refractivity contribution < 1.29 is 0 Å². The Bertz CT molecular complexity index is 789. The van der Waals surface area contributed by atoms with Gasteiger partial charge in [0, 0.05) is 66.1 Å². The third-order valence-electron chi connectivity index (χ3n) is 4.67. The Morgan fingerprint density at radius 1 is 1.22 bits per heavy atom. The Kier molecular flexibility index (Phi) is 3.67. The third-order valence-corrected chi connectivity index (χ3v) is 4.67. The van der Waals surface area contributed by atoms with E-state index in [-0.39, 0.29) is 0 Å². The predicted molar refractivity (Wildman–Crippen MR) is 91.4 cm³/mol. The van der Waals surface area contributed by atoms with Gasteiger partial charge in [-0.3, -0.25) is 0 Å². The summed E-state index contributed by atoms with van der Waals surface area (Å²) in [6.45, 7) is 2.11. The van der Waals surface area contributed by atoms with Gasteiger partial charge in [0.1, 0.15) is 12.0 Å². The number of nitrogens with one attached hydrogen (secondary N) is 2. The first-order valence-corrected chi connectivity index (χ1v) is 8.00. The van der Waals surface area contributed by atoms with Gasteiger partial charge < -0.3 is 15.2 Å². The summed E-state index contributed by atoms with van der Waals surface area (Å²) in [4.78, 5) is 18.5. The topological polar surface area (TPSA) is 69.7 Å². The highest BCUT2D eigenvalue weighted by Crippen LogP contribution is 2.35. The molecule has 0 atom stereocenters. The summed E-state index contributed by atoms with van der Waals surface area (Å²) in [5, 5.41) is 4.54. The van der Waals surface area contributed by atoms with Crippen molar-refractivity contribution in [3.8, 4) is 11.1 Å². The SMILES string of the molecule is CNC1CCN(c2ccnc3[nH]cc(-c4cncnc4)c23)CC1. The first-order chi connectivity index (χ1) is 11.4. The molecule has 0 radical (unpaired) electrons. The number of rotatable bonds is 3. The first-order valence-electron chi connectivity index (χ1n) is 8.00. The summed E-state index contributed by atoms with van der Waals surface area (Å²) in [6, 6.07) is 2.74. The maximum atomic E-state index is 4.48. The summed E-state index contributed by atoms with van der Waals surface area (Å²) in [5.41, 5.74) is 4.28. The molecule has 0 bridgehead atoms. The summed E-state index contributed by atoms with van der Waals surface area (Å²) in [7, 11) is 2.05. The molecule has 0 saturated carbocycles. The number of H-pyrrole nitrogens is 1. The van der Waals surface area contributed by atoms with Gasteiger partial charge in [0.05, 0.1) is 0 Å². The number of hydrogen-bond acceptors (Lipinski definition) is 5. The third kappa shape index (κ3) is 2.55. The number of pyridine rings is 1. The minimum absolute atomic E-state index is 0.622. The standard InChI is InChI=1S/C17H20N6/c1-18-13-3-6-23(7-4-13)15-2-5-21-17-16(15)14(10-22-17)12-8-19-11-20-9-12/h2,5,8-11,13,18H,3-4,6-7H2,1H3,(H,21,22). The second-order valence-corrected chi connectivity index (χ2v) is 5.93. The predicted octanol–water partition coefficient (Wildman–Crippen LogP) is 2.21. The Morgan fingerprint density at radius 3 is 2.74 bits per heavy atom. The summed E-state index contributed by atoms with van der Waals surface area (Å²) < 4.78 is 0. The van der Waals surface area contributed by atoms with Crippen molar-refractivity contribution in [3.05, 3.63) is 37.2 Å². The van der Waals surface area contributed by atoms with Crippen LogP contribution in [0.1, 0.15) is 12.8 Å². The molecule has 3 aromatic rings. The van der Waals surface area contributed by atoms with Gasteiger partial charge in [-0.25, -0.2) is 15.0 Å². The lowest BCUT2D eigenvalue weighted by molar-refractivity contribution is 0.443. The van der Waals surface area contributed by atoms with Crippen LogP contribution in [0.4, 0.5) is 5.69 Å². The van der Waals surface area contributed by atoms with Crippen molar-refractivity contribution >= 4 is 16.7 Å². The van der Waals surface area contributed by atoms with Crippen molar-refractivity contribution in [2.24, 2.45) is 0 Å². The van der Waals surface area contributed by atoms with Gasteiger partial charge in [-0.15, -0.1) is 0 Å². The number of nitrogens with zero attached hydrogens (tertiary/aromatic N) is 4. The molecular formula is C17H20N6. The minimum atomic E-state index is 0.622. The lowest BCUT2D eigenvalue weighted by Gasteiger charge is -2.34. The van der Waals surface area contributed by atoms with E-state index in [0.717, 1.165) is 48.1 Å². The first kappa shape index (κ1) is 14.1. The van der Waals surface area contributed by atoms with Crippen LogP contribution in [-0.2, 0) is 0 Å². The van der Waals surface area contributed by atoms with Crippen LogP contribution < -0.4 is 10.2 Å². The summed E-state index contributed by atoms with van der Waals surface area (Å²) in [5.74, 6) is 0. The van der Waals surface area contributed by atoms with Crippen LogP contribution in [-0.4, -0.2) is 46.1 Å². The Labute approximate surface area is 135 Å². The van der Waals surface area contributed by atoms with E-state index in [4.69, 9.17) is 0 Å². The molecule has 0 aromatic carbocycles. The van der Waals surface area contributed by atoms with Gasteiger partial charge in [-0.05, 0) is 26.0 Å². The molecule has 1 fully saturated rings. The average Bonchev–Trinajstić information content (AvgIpc) is 3.07. The van der Waals surface area contributed by atoms with Crippen LogP contribution in [0.3, 0.4) is 0 Å². The van der Waals surface area contributed by atoms with Gasteiger partial charge in [-0.1, -0.05) is 0 Å². The van der Waals surface area contributed by atoms with Gasteiger partial charge in [0.2, 0.25) is 0 Å². The van der Waals surface area contributed by atoms with Gasteiger partial charge in [0.25, 0.3) is 0 Å². The molecule has 6 heteroatoms. The number of aromatic nitrogens is 4. The quantitative estimate of drug-likeness (QED) is 0.776. The normalized spacial score (nSPS) is 16.1. The minimum Gasteiger partial charge on any atom is -0.371 e. The number of fused-ring (bicyclic) bond motifs is 1. The molecule has 4 rings (SSSR count). The van der Waals surface area contributed by atoms with Crippen LogP contribution in [0.15, 0.2) is 37.2 Å². The zero-order valence-corrected chi connectivity index (χ0v) is 13.2. The Morgan fingerprint density at radius 2 is 2.00 bits per heavy atom. The van der Waals surface area contributed by atoms with Gasteiger partial charge in [0.15, 0.2) is 0 Å². The molecule has 1 saturated heterocycles. The fourth-order valence-electron chi connectivity index (χ4n) is 3.38. The van der Waals surface area contributed by atoms with Crippen molar-refractivity contribution in [1.82, 2.24) is 25.3 Å². The van der Waals surface area contributed by atoms with E-state index >= 15 is 0 Å². The van der Waals surface area contributed by atoms with Crippen molar-refractivity contribution in [2.75, 3.05) is 25.0 Å². The molecule has 0 aliphatic carbocycles. The van der Waals surface area contributed by atoms with Gasteiger partial charge in [-0.2, -0.15) is 0 Å². The summed E-state index contributed by atoms with van der Waals surface area (Å²) >= 11 is 0. The van der Waals surface area contributed by atoms with Crippen molar-refractivity contribution in [3.63, 3.8) is 0 Å². The maximum Gasteiger partial charge on any atom is 0.139 e. The van der Waals surface area contributed by atoms with Crippen LogP contribution in [0.2, 0.25) is 0 Å². The maximum absolute atomic E-state index is 4.48. The molecule has 118 valence electrons. The molecule has 0 spiro atoms. The Balaban J connectivity index is 1.77. The molecule has 23 heavy (non-hydrogen) atoms. The number of anilines is 1. The van der Waals surface area contributed by atoms with E-state index in [0.29, 0.717) is 6.04 Å². The van der Waals surface area contributed by atoms with Crippen LogP contribution >= 0.6 is 0 Å². The molecule has 2 N–H and O–H groups in total. The average molecular weight is 308 g/mol. The van der Waals surface area contributed by atoms with E-state index in [1.54, 1.807) is 6.33 Å². The zero-order chi connectivity index (χ0) is 15.6. The lowest BCUT2D eigenvalue weighted by Crippen LogP contribution is -2.41. The molecule has 0 amide bonds. The second kappa shape index (κ2) is 5.96. The van der Waals surface area contributed by atoms with Gasteiger partial charge >= 0.3 is 0 Å². The highest BCUT2D eigenvalue weighted by Gasteiger charge is 2.21. The monoisotopic (exact) mass is 308 g/mol. The number of aromatic amines is 1. The number of piperidine rings is 1. The zero-order valence-electron chi connectivity index (χ0n) is 13.2. The molecule has 3 aromatic heterocycles. The molecule has 1 aliphatic rings. The van der Waals surface area contributed by atoms with Crippen LogP contribution in [0, 0.1) is 0 Å². The largest absolute Gasteiger partial charge is 0.371 e. The summed E-state index contributed by atoms with van der Waals surface area (Å²) in [6.07, 6.45) is 11.5. The van der Waals surface area contributed by atoms with Crippen molar-refractivity contribution in [2.45, 2.75) is 18.9 Å². The number of hydrogen-bond donors (Lipinski definition) is 2. The molecular weight excluding hydrogens is 288 g/mol. The Hall–Kier alpha value is -2.47. The van der Waals surface area contributed by atoms with Crippen LogP contribution in [0.25, 0.3) is 22.2 Å².